The van der Waals surface area contributed by atoms with Gasteiger partial charge in [-0.2, -0.15) is 0 Å². The third-order valence-corrected chi connectivity index (χ3v) is 18.1. The Kier molecular flexibility index (Phi) is 17.6. The summed E-state index contributed by atoms with van der Waals surface area (Å²) in [5.74, 6) is -3.45. The Morgan fingerprint density at radius 3 is 1.60 bits per heavy atom. The number of para-hydroxylation sites is 2. The second-order valence-electron chi connectivity index (χ2n) is 23.5. The van der Waals surface area contributed by atoms with Crippen LogP contribution in [0.3, 0.4) is 0 Å². The van der Waals surface area contributed by atoms with E-state index < -0.39 is 84.7 Å². The molecular formula is C69H70N6O17. The summed E-state index contributed by atoms with van der Waals surface area (Å²) < 4.78 is 21.4. The molecule has 9 aromatic rings. The molecule has 8 atom stereocenters. The summed E-state index contributed by atoms with van der Waals surface area (Å²) in [5.41, 5.74) is 6.02. The minimum atomic E-state index is -2.31. The standard InChI is InChI=1S/C25H28N2O7.C23H22N2O6.C21H20N2O4/c1-3-18(33-25-23(31)22(30)21(29)19(11-28)34-25)15-9-17-20-14(10-27(17)24(32)12(15)2)8-13-6-4-5-7-16(13)26-20;1-4-23(30,22(28)29)17-9-19-20-14(8-15-12(2)6-5-7-18(15)24-20)10-25(19)21(27)16(17)11-31-13(3)26;1-3-14-15(21(27,4-2)20(25)26)10-17-18-13(11-23(17)19(14)24)9-12-7-5-6-8-16(12)22-18/h4-9,18-19,21-23,25,28-31H,3,10-11H2,1-2H3;5-9,30H,4,10-11H2,1-3H3,(H,28,29);5-10,27H,3-4,11H2,1-2H3,(H,25,26)/t18-,19?,21?,22?,23?,25?;23-;21-/m011/s1. The summed E-state index contributed by atoms with van der Waals surface area (Å²) in [7, 11) is 0. The van der Waals surface area contributed by atoms with Crippen molar-refractivity contribution in [1.29, 1.82) is 0 Å². The summed E-state index contributed by atoms with van der Waals surface area (Å²) in [5, 5.41) is 84.0. The first-order valence-corrected chi connectivity index (χ1v) is 30.4. The van der Waals surface area contributed by atoms with Crippen LogP contribution in [-0.4, -0.2) is 125 Å². The second kappa shape index (κ2) is 25.1. The molecule has 0 spiro atoms. The average Bonchev–Trinajstić information content (AvgIpc) is 1.55. The molecular weight excluding hydrogens is 1180 g/mol. The van der Waals surface area contributed by atoms with E-state index in [4.69, 9.17) is 29.2 Å². The number of aryl methyl sites for hydroxylation is 1. The number of benzene rings is 3. The molecule has 0 amide bonds. The van der Waals surface area contributed by atoms with Gasteiger partial charge in [0.25, 0.3) is 16.7 Å². The third kappa shape index (κ3) is 11.1. The Balaban J connectivity index is 0.000000142. The quantitative estimate of drug-likeness (QED) is 0.0566. The number of rotatable bonds is 14. The number of aromatic nitrogens is 6. The Labute approximate surface area is 525 Å². The van der Waals surface area contributed by atoms with Crippen molar-refractivity contribution < 1.29 is 69.4 Å². The average molecular weight is 1260 g/mol. The van der Waals surface area contributed by atoms with Gasteiger partial charge < -0.3 is 68.8 Å². The fourth-order valence-electron chi connectivity index (χ4n) is 12.8. The van der Waals surface area contributed by atoms with Crippen molar-refractivity contribution in [2.24, 2.45) is 0 Å². The third-order valence-electron chi connectivity index (χ3n) is 18.1. The Morgan fingerprint density at radius 1 is 0.620 bits per heavy atom. The maximum absolute atomic E-state index is 13.3. The van der Waals surface area contributed by atoms with Gasteiger partial charge in [-0.3, -0.25) is 19.2 Å². The van der Waals surface area contributed by atoms with Gasteiger partial charge in [0, 0.05) is 62.0 Å². The molecule has 8 N–H and O–H groups in total. The highest BCUT2D eigenvalue weighted by molar-refractivity contribution is 5.89. The molecule has 23 nitrogen and oxygen atoms in total. The normalized spacial score (nSPS) is 19.0. The number of aliphatic hydroxyl groups is 6. The maximum atomic E-state index is 13.3. The molecule has 4 aliphatic rings. The predicted molar refractivity (Wildman–Crippen MR) is 337 cm³/mol. The van der Waals surface area contributed by atoms with Crippen molar-refractivity contribution >= 4 is 50.6 Å². The molecule has 23 heteroatoms. The first-order valence-electron chi connectivity index (χ1n) is 30.4. The van der Waals surface area contributed by atoms with Gasteiger partial charge in [0.15, 0.2) is 17.5 Å². The summed E-state index contributed by atoms with van der Waals surface area (Å²) in [6.07, 6.45) is -6.92. The zero-order chi connectivity index (χ0) is 66.0. The van der Waals surface area contributed by atoms with E-state index in [9.17, 15) is 69.6 Å². The number of hydrogen-bond donors (Lipinski definition) is 8. The number of pyridine rings is 6. The minimum Gasteiger partial charge on any atom is -0.479 e. The maximum Gasteiger partial charge on any atom is 0.340 e. The first kappa shape index (κ1) is 64.4. The van der Waals surface area contributed by atoms with Gasteiger partial charge in [-0.1, -0.05) is 76.2 Å². The van der Waals surface area contributed by atoms with Gasteiger partial charge in [-0.25, -0.2) is 24.5 Å². The van der Waals surface area contributed by atoms with Crippen LogP contribution in [0.1, 0.15) is 116 Å². The van der Waals surface area contributed by atoms with E-state index in [0.717, 1.165) is 60.7 Å². The van der Waals surface area contributed by atoms with Gasteiger partial charge in [-0.15, -0.1) is 0 Å². The van der Waals surface area contributed by atoms with Crippen LogP contribution in [0.4, 0.5) is 0 Å². The largest absolute Gasteiger partial charge is 0.479 e. The summed E-state index contributed by atoms with van der Waals surface area (Å²) in [4.78, 5) is 89.0. The topological polar surface area (TPSA) is 345 Å². The molecule has 0 radical (unpaired) electrons. The Morgan fingerprint density at radius 2 is 1.10 bits per heavy atom. The van der Waals surface area contributed by atoms with Crippen LogP contribution >= 0.6 is 0 Å². The monoisotopic (exact) mass is 1250 g/mol. The van der Waals surface area contributed by atoms with Crippen molar-refractivity contribution in [3.05, 3.63) is 190 Å². The van der Waals surface area contributed by atoms with Gasteiger partial charge in [0.1, 0.15) is 31.0 Å². The van der Waals surface area contributed by atoms with Crippen molar-refractivity contribution in [3.63, 3.8) is 0 Å². The van der Waals surface area contributed by atoms with Crippen LogP contribution in [0.5, 0.6) is 0 Å². The molecule has 10 heterocycles. The lowest BCUT2D eigenvalue weighted by Crippen LogP contribution is -2.59. The molecule has 6 aromatic heterocycles. The molecule has 4 aliphatic heterocycles. The van der Waals surface area contributed by atoms with E-state index >= 15 is 0 Å². The highest BCUT2D eigenvalue weighted by atomic mass is 16.7. The first-order chi connectivity index (χ1) is 43.9. The van der Waals surface area contributed by atoms with Crippen LogP contribution in [-0.2, 0) is 72.5 Å². The lowest BCUT2D eigenvalue weighted by atomic mass is 9.86. The van der Waals surface area contributed by atoms with Gasteiger partial charge in [0.2, 0.25) is 0 Å². The van der Waals surface area contributed by atoms with Crippen LogP contribution in [0.2, 0.25) is 0 Å². The van der Waals surface area contributed by atoms with E-state index in [1.807, 2.05) is 98.8 Å². The predicted octanol–water partition coefficient (Wildman–Crippen LogP) is 6.15. The fraction of sp³-hybridized carbons (Fsp3) is 0.348. The number of fused-ring (bicyclic) bond motifs is 12. The number of nitrogens with zero attached hydrogens (tertiary/aromatic N) is 6. The molecule has 0 aliphatic carbocycles. The smallest absolute Gasteiger partial charge is 0.340 e. The molecule has 478 valence electrons. The molecule has 13 rings (SSSR count). The second-order valence-corrected chi connectivity index (χ2v) is 23.5. The number of carbonyl (C=O) groups excluding carboxylic acids is 1. The number of carbonyl (C=O) groups is 3. The van der Waals surface area contributed by atoms with Crippen LogP contribution in [0, 0.1) is 13.8 Å². The van der Waals surface area contributed by atoms with Crippen molar-refractivity contribution in [2.45, 2.75) is 148 Å². The van der Waals surface area contributed by atoms with Gasteiger partial charge in [0.05, 0.1) is 88.6 Å². The number of aliphatic carboxylic acids is 2. The van der Waals surface area contributed by atoms with Crippen molar-refractivity contribution in [1.82, 2.24) is 28.7 Å². The number of esters is 1. The molecule has 92 heavy (non-hydrogen) atoms. The minimum absolute atomic E-state index is 0.0315. The molecule has 5 unspecified atom stereocenters. The van der Waals surface area contributed by atoms with Crippen LogP contribution in [0.15, 0.2) is 118 Å². The summed E-state index contributed by atoms with van der Waals surface area (Å²) in [6.45, 7) is 11.8. The Bertz CT molecular complexity index is 4670. The number of aliphatic hydroxyl groups excluding tert-OH is 4. The van der Waals surface area contributed by atoms with Gasteiger partial charge >= 0.3 is 17.9 Å². The summed E-state index contributed by atoms with van der Waals surface area (Å²) >= 11 is 0. The highest BCUT2D eigenvalue weighted by Gasteiger charge is 2.46. The SMILES string of the molecule is CC[C@H](OC1OC(CO)C(O)C(O)C1O)c1cc2n(c(=O)c1C)Cc1cc3ccccc3nc1-2.CC[C@](O)(C(=O)O)c1cc2n(c(=O)c1COC(C)=O)Cc1cc3c(C)cccc3nc1-2.CCc1c([C@](O)(CC)C(=O)O)cc2n(c1=O)Cc1cc3ccccc3nc1-2. The van der Waals surface area contributed by atoms with Crippen molar-refractivity contribution in [3.8, 4) is 34.2 Å². The lowest BCUT2D eigenvalue weighted by molar-refractivity contribution is -0.312. The van der Waals surface area contributed by atoms with E-state index in [1.165, 1.54) is 24.5 Å². The lowest BCUT2D eigenvalue weighted by Gasteiger charge is -2.41. The van der Waals surface area contributed by atoms with Crippen LogP contribution < -0.4 is 16.7 Å². The number of hydrogen-bond acceptors (Lipinski definition) is 18. The van der Waals surface area contributed by atoms with Crippen molar-refractivity contribution in [2.75, 3.05) is 6.61 Å². The number of carboxylic acid groups (broad SMARTS) is 2. The van der Waals surface area contributed by atoms with E-state index in [1.54, 1.807) is 36.0 Å². The molecule has 0 saturated carbocycles. The molecule has 0 bridgehead atoms. The van der Waals surface area contributed by atoms with Gasteiger partial charge in [-0.05, 0) is 105 Å². The number of ether oxygens (including phenoxy) is 3. The van der Waals surface area contributed by atoms with E-state index in [0.29, 0.717) is 71.1 Å². The highest BCUT2D eigenvalue weighted by Crippen LogP contribution is 2.41. The molecule has 3 aromatic carbocycles. The summed E-state index contributed by atoms with van der Waals surface area (Å²) in [6, 6.07) is 32.3. The molecule has 1 fully saturated rings. The van der Waals surface area contributed by atoms with E-state index in [-0.39, 0.29) is 47.2 Å². The van der Waals surface area contributed by atoms with Crippen LogP contribution in [0.25, 0.3) is 66.9 Å². The van der Waals surface area contributed by atoms with E-state index in [2.05, 4.69) is 6.07 Å². The molecule has 1 saturated heterocycles. The zero-order valence-electron chi connectivity index (χ0n) is 51.6. The Hall–Kier alpha value is -9.17. The fourth-order valence-corrected chi connectivity index (χ4v) is 12.8. The zero-order valence-corrected chi connectivity index (χ0v) is 51.6. The number of carboxylic acids is 2.